The van der Waals surface area contributed by atoms with Gasteiger partial charge in [0.05, 0.1) is 0 Å². The van der Waals surface area contributed by atoms with Gasteiger partial charge in [-0.25, -0.2) is 0 Å². The van der Waals surface area contributed by atoms with Crippen LogP contribution in [-0.4, -0.2) is 62.0 Å². The molecule has 140 valence electrons. The highest BCUT2D eigenvalue weighted by atomic mass is 35.5. The van der Waals surface area contributed by atoms with Gasteiger partial charge in [0.15, 0.2) is 0 Å². The van der Waals surface area contributed by atoms with Crippen LogP contribution in [0.15, 0.2) is 0 Å². The zero-order valence-corrected chi connectivity index (χ0v) is 15.6. The number of carbonyl (C=O) groups excluding carboxylic acids is 2. The summed E-state index contributed by atoms with van der Waals surface area (Å²) in [5.74, 6) is 0.325. The zero-order chi connectivity index (χ0) is 16.5. The summed E-state index contributed by atoms with van der Waals surface area (Å²) < 4.78 is 0. The van der Waals surface area contributed by atoms with Gasteiger partial charge in [0.25, 0.3) is 0 Å². The van der Waals surface area contributed by atoms with E-state index in [1.165, 1.54) is 0 Å². The first-order valence-corrected chi connectivity index (χ1v) is 9.15. The highest BCUT2D eigenvalue weighted by Gasteiger charge is 2.24. The van der Waals surface area contributed by atoms with E-state index in [1.54, 1.807) is 0 Å². The van der Waals surface area contributed by atoms with Crippen LogP contribution in [0, 0.1) is 5.92 Å². The highest BCUT2D eigenvalue weighted by molar-refractivity contribution is 5.85. The third-order valence-corrected chi connectivity index (χ3v) is 4.79. The number of piperazine rings is 1. The second-order valence-corrected chi connectivity index (χ2v) is 6.89. The molecule has 7 heteroatoms. The molecule has 0 spiro atoms. The van der Waals surface area contributed by atoms with Crippen LogP contribution in [0.1, 0.15) is 45.4 Å². The van der Waals surface area contributed by atoms with Crippen molar-refractivity contribution in [3.8, 4) is 0 Å². The fraction of sp³-hybridized carbons (Fsp3) is 0.882. The summed E-state index contributed by atoms with van der Waals surface area (Å²) in [6, 6.07) is -0.0868. The summed E-state index contributed by atoms with van der Waals surface area (Å²) in [6.07, 6.45) is 5.65. The van der Waals surface area contributed by atoms with Gasteiger partial charge in [0.2, 0.25) is 11.8 Å². The van der Waals surface area contributed by atoms with Crippen molar-refractivity contribution in [2.24, 2.45) is 5.92 Å². The van der Waals surface area contributed by atoms with Crippen LogP contribution in [-0.2, 0) is 9.59 Å². The van der Waals surface area contributed by atoms with E-state index in [9.17, 15) is 9.59 Å². The van der Waals surface area contributed by atoms with Crippen LogP contribution in [0.3, 0.4) is 0 Å². The molecule has 0 aromatic rings. The summed E-state index contributed by atoms with van der Waals surface area (Å²) in [6.45, 7) is 7.97. The van der Waals surface area contributed by atoms with Gasteiger partial charge in [0, 0.05) is 51.1 Å². The average Bonchev–Trinajstić information content (AvgIpc) is 3.07. The van der Waals surface area contributed by atoms with E-state index >= 15 is 0 Å². The number of hydrogen-bond acceptors (Lipinski definition) is 4. The molecule has 1 aliphatic carbocycles. The molecule has 0 bridgehead atoms. The van der Waals surface area contributed by atoms with E-state index in [0.717, 1.165) is 64.8 Å². The summed E-state index contributed by atoms with van der Waals surface area (Å²) in [4.78, 5) is 26.4. The van der Waals surface area contributed by atoms with Gasteiger partial charge >= 0.3 is 0 Å². The fourth-order valence-electron chi connectivity index (χ4n) is 3.42. The third-order valence-electron chi connectivity index (χ3n) is 4.79. The SMILES string of the molecule is CC(CC(=O)NCCCN1CCNCC1)NC(=O)C1CCCC1.Cl. The van der Waals surface area contributed by atoms with Gasteiger partial charge in [-0.1, -0.05) is 12.8 Å². The van der Waals surface area contributed by atoms with Crippen molar-refractivity contribution < 1.29 is 9.59 Å². The van der Waals surface area contributed by atoms with Crippen LogP contribution < -0.4 is 16.0 Å². The maximum absolute atomic E-state index is 12.0. The largest absolute Gasteiger partial charge is 0.356 e. The maximum atomic E-state index is 12.0. The molecule has 1 saturated carbocycles. The second kappa shape index (κ2) is 11.7. The van der Waals surface area contributed by atoms with Gasteiger partial charge in [-0.3, -0.25) is 9.59 Å². The average molecular weight is 361 g/mol. The van der Waals surface area contributed by atoms with E-state index in [4.69, 9.17) is 0 Å². The number of carbonyl (C=O) groups is 2. The zero-order valence-electron chi connectivity index (χ0n) is 14.8. The van der Waals surface area contributed by atoms with Crippen LogP contribution >= 0.6 is 12.4 Å². The van der Waals surface area contributed by atoms with Crippen LogP contribution in [0.4, 0.5) is 0 Å². The van der Waals surface area contributed by atoms with Gasteiger partial charge in [0.1, 0.15) is 0 Å². The number of nitrogens with zero attached hydrogens (tertiary/aromatic N) is 1. The van der Waals surface area contributed by atoms with Crippen molar-refractivity contribution in [2.75, 3.05) is 39.3 Å². The summed E-state index contributed by atoms with van der Waals surface area (Å²) >= 11 is 0. The third kappa shape index (κ3) is 7.81. The first-order valence-electron chi connectivity index (χ1n) is 9.15. The summed E-state index contributed by atoms with van der Waals surface area (Å²) in [5.41, 5.74) is 0. The van der Waals surface area contributed by atoms with E-state index in [2.05, 4.69) is 20.9 Å². The van der Waals surface area contributed by atoms with Gasteiger partial charge in [-0.05, 0) is 32.7 Å². The smallest absolute Gasteiger partial charge is 0.223 e. The molecule has 3 N–H and O–H groups in total. The standard InChI is InChI=1S/C17H32N4O2.ClH/c1-14(20-17(23)15-5-2-3-6-15)13-16(22)19-7-4-10-21-11-8-18-9-12-21;/h14-15,18H,2-13H2,1H3,(H,19,22)(H,20,23);1H. The summed E-state index contributed by atoms with van der Waals surface area (Å²) in [7, 11) is 0. The number of amides is 2. The lowest BCUT2D eigenvalue weighted by Crippen LogP contribution is -2.44. The predicted molar refractivity (Wildman–Crippen MR) is 98.4 cm³/mol. The minimum Gasteiger partial charge on any atom is -0.356 e. The molecule has 2 fully saturated rings. The normalized spacial score (nSPS) is 20.2. The first kappa shape index (κ1) is 21.2. The molecule has 1 heterocycles. The van der Waals surface area contributed by atoms with E-state index in [1.807, 2.05) is 6.92 Å². The number of hydrogen-bond donors (Lipinski definition) is 3. The minimum absolute atomic E-state index is 0. The van der Waals surface area contributed by atoms with E-state index in [-0.39, 0.29) is 36.2 Å². The second-order valence-electron chi connectivity index (χ2n) is 6.89. The maximum Gasteiger partial charge on any atom is 0.223 e. The van der Waals surface area contributed by atoms with Crippen molar-refractivity contribution >= 4 is 24.2 Å². The molecule has 0 radical (unpaired) electrons. The lowest BCUT2D eigenvalue weighted by Gasteiger charge is -2.27. The monoisotopic (exact) mass is 360 g/mol. The molecule has 1 saturated heterocycles. The molecule has 2 aliphatic rings. The Morgan fingerprint density at radius 2 is 1.88 bits per heavy atom. The van der Waals surface area contributed by atoms with Gasteiger partial charge in [-0.2, -0.15) is 0 Å². The Kier molecular flexibility index (Phi) is 10.3. The first-order chi connectivity index (χ1) is 11.1. The summed E-state index contributed by atoms with van der Waals surface area (Å²) in [5, 5.41) is 9.28. The van der Waals surface area contributed by atoms with E-state index < -0.39 is 0 Å². The van der Waals surface area contributed by atoms with Crippen molar-refractivity contribution in [1.29, 1.82) is 0 Å². The number of rotatable bonds is 8. The molecule has 0 aromatic carbocycles. The Labute approximate surface area is 151 Å². The van der Waals surface area contributed by atoms with Gasteiger partial charge in [-0.15, -0.1) is 12.4 Å². The van der Waals surface area contributed by atoms with E-state index in [0.29, 0.717) is 13.0 Å². The molecule has 24 heavy (non-hydrogen) atoms. The van der Waals surface area contributed by atoms with Crippen molar-refractivity contribution in [3.05, 3.63) is 0 Å². The van der Waals surface area contributed by atoms with Crippen molar-refractivity contribution in [3.63, 3.8) is 0 Å². The Bertz CT molecular complexity index is 383. The topological polar surface area (TPSA) is 73.5 Å². The molecular formula is C17H33ClN4O2. The predicted octanol–water partition coefficient (Wildman–Crippen LogP) is 0.905. The Morgan fingerprint density at radius 3 is 2.54 bits per heavy atom. The lowest BCUT2D eigenvalue weighted by atomic mass is 10.1. The molecule has 1 aliphatic heterocycles. The van der Waals surface area contributed by atoms with Crippen LogP contribution in [0.2, 0.25) is 0 Å². The number of nitrogens with one attached hydrogen (secondary N) is 3. The molecular weight excluding hydrogens is 328 g/mol. The molecule has 2 amide bonds. The minimum atomic E-state index is -0.0868. The molecule has 2 rings (SSSR count). The van der Waals surface area contributed by atoms with Crippen molar-refractivity contribution in [2.45, 2.75) is 51.5 Å². The molecule has 1 unspecified atom stereocenters. The van der Waals surface area contributed by atoms with Crippen molar-refractivity contribution in [1.82, 2.24) is 20.9 Å². The Hall–Kier alpha value is -0.850. The lowest BCUT2D eigenvalue weighted by molar-refractivity contribution is -0.126. The molecule has 0 aromatic heterocycles. The number of halogens is 1. The highest BCUT2D eigenvalue weighted by Crippen LogP contribution is 2.24. The van der Waals surface area contributed by atoms with Gasteiger partial charge < -0.3 is 20.9 Å². The Morgan fingerprint density at radius 1 is 1.21 bits per heavy atom. The fourth-order valence-corrected chi connectivity index (χ4v) is 3.42. The quantitative estimate of drug-likeness (QED) is 0.562. The Balaban J connectivity index is 0.00000288. The molecule has 6 nitrogen and oxygen atoms in total. The molecule has 1 atom stereocenters. The van der Waals surface area contributed by atoms with Crippen LogP contribution in [0.25, 0.3) is 0 Å². The van der Waals surface area contributed by atoms with Crippen LogP contribution in [0.5, 0.6) is 0 Å².